The molecule has 106 valence electrons. The van der Waals surface area contributed by atoms with Crippen LogP contribution < -0.4 is 10.1 Å². The molecule has 3 aromatic rings. The van der Waals surface area contributed by atoms with Gasteiger partial charge < -0.3 is 10.1 Å². The van der Waals surface area contributed by atoms with Gasteiger partial charge in [-0.15, -0.1) is 0 Å². The highest BCUT2D eigenvalue weighted by molar-refractivity contribution is 5.58. The molecule has 4 heteroatoms. The van der Waals surface area contributed by atoms with Crippen molar-refractivity contribution in [1.29, 1.82) is 0 Å². The van der Waals surface area contributed by atoms with Crippen LogP contribution in [0.5, 0.6) is 5.75 Å². The Bertz CT molecular complexity index is 690. The van der Waals surface area contributed by atoms with E-state index in [0.29, 0.717) is 0 Å². The first kappa shape index (κ1) is 13.2. The normalized spacial score (nSPS) is 10.3. The third-order valence-corrected chi connectivity index (χ3v) is 3.20. The van der Waals surface area contributed by atoms with Gasteiger partial charge in [0.2, 0.25) is 0 Å². The molecular weight excluding hydrogens is 262 g/mol. The molecule has 0 radical (unpaired) electrons. The minimum absolute atomic E-state index is 0.769. The van der Waals surface area contributed by atoms with Crippen LogP contribution in [0.15, 0.2) is 67.0 Å². The molecule has 0 saturated carbocycles. The van der Waals surface area contributed by atoms with E-state index in [1.54, 1.807) is 7.11 Å². The number of benzene rings is 2. The van der Waals surface area contributed by atoms with Crippen LogP contribution in [0.4, 0.5) is 11.4 Å². The second-order valence-corrected chi connectivity index (χ2v) is 4.77. The molecule has 0 spiro atoms. The van der Waals surface area contributed by atoms with E-state index in [1.807, 2.05) is 59.5 Å². The highest BCUT2D eigenvalue weighted by atomic mass is 16.5. The molecule has 4 nitrogen and oxygen atoms in total. The Kier molecular flexibility index (Phi) is 3.87. The first-order chi connectivity index (χ1) is 10.3. The van der Waals surface area contributed by atoms with Crippen molar-refractivity contribution in [2.45, 2.75) is 6.54 Å². The van der Waals surface area contributed by atoms with E-state index >= 15 is 0 Å². The summed E-state index contributed by atoms with van der Waals surface area (Å²) in [5.74, 6) is 0.848. The fourth-order valence-corrected chi connectivity index (χ4v) is 2.13. The average Bonchev–Trinajstić information content (AvgIpc) is 2.96. The summed E-state index contributed by atoms with van der Waals surface area (Å²) in [7, 11) is 1.66. The second kappa shape index (κ2) is 6.13. The molecule has 1 heterocycles. The van der Waals surface area contributed by atoms with Crippen molar-refractivity contribution in [1.82, 2.24) is 9.78 Å². The van der Waals surface area contributed by atoms with E-state index in [4.69, 9.17) is 4.74 Å². The minimum Gasteiger partial charge on any atom is -0.497 e. The maximum Gasteiger partial charge on any atom is 0.119 e. The van der Waals surface area contributed by atoms with Crippen LogP contribution in [-0.2, 0) is 6.54 Å². The quantitative estimate of drug-likeness (QED) is 0.774. The van der Waals surface area contributed by atoms with E-state index in [1.165, 1.54) is 5.56 Å². The van der Waals surface area contributed by atoms with Gasteiger partial charge in [0.15, 0.2) is 0 Å². The lowest BCUT2D eigenvalue weighted by Gasteiger charge is -2.05. The molecule has 21 heavy (non-hydrogen) atoms. The van der Waals surface area contributed by atoms with Crippen LogP contribution in [0.1, 0.15) is 5.56 Å². The van der Waals surface area contributed by atoms with Crippen molar-refractivity contribution in [3.63, 3.8) is 0 Å². The molecule has 0 saturated heterocycles. The highest BCUT2D eigenvalue weighted by Gasteiger charge is 2.00. The predicted molar refractivity (Wildman–Crippen MR) is 84.0 cm³/mol. The zero-order valence-electron chi connectivity index (χ0n) is 11.9. The summed E-state index contributed by atoms with van der Waals surface area (Å²) in [5.41, 5.74) is 3.21. The summed E-state index contributed by atoms with van der Waals surface area (Å²) in [5, 5.41) is 7.69. The van der Waals surface area contributed by atoms with Crippen LogP contribution >= 0.6 is 0 Å². The standard InChI is InChI=1S/C17H17N3O/c1-21-17-9-7-15(8-10-17)19-16-11-18-20(13-16)12-14-5-3-2-4-6-14/h2-11,13,19H,12H2,1H3. The molecule has 0 aliphatic rings. The molecule has 0 aliphatic carbocycles. The van der Waals surface area contributed by atoms with Gasteiger partial charge in [0.1, 0.15) is 5.75 Å². The fraction of sp³-hybridized carbons (Fsp3) is 0.118. The van der Waals surface area contributed by atoms with Crippen LogP contribution in [0, 0.1) is 0 Å². The Morgan fingerprint density at radius 1 is 1.00 bits per heavy atom. The number of anilines is 2. The Morgan fingerprint density at radius 2 is 1.76 bits per heavy atom. The van der Waals surface area contributed by atoms with Crippen molar-refractivity contribution in [2.24, 2.45) is 0 Å². The number of ether oxygens (including phenoxy) is 1. The highest BCUT2D eigenvalue weighted by Crippen LogP contribution is 2.19. The summed E-state index contributed by atoms with van der Waals surface area (Å²) >= 11 is 0. The summed E-state index contributed by atoms with van der Waals surface area (Å²) < 4.78 is 7.06. The van der Waals surface area contributed by atoms with Crippen molar-refractivity contribution in [3.8, 4) is 5.75 Å². The van der Waals surface area contributed by atoms with E-state index < -0.39 is 0 Å². The van der Waals surface area contributed by atoms with Gasteiger partial charge in [-0.2, -0.15) is 5.10 Å². The molecule has 1 N–H and O–H groups in total. The molecule has 1 aromatic heterocycles. The van der Waals surface area contributed by atoms with Gasteiger partial charge in [-0.3, -0.25) is 4.68 Å². The lowest BCUT2D eigenvalue weighted by Crippen LogP contribution is -1.99. The van der Waals surface area contributed by atoms with Gasteiger partial charge in [0.05, 0.1) is 25.5 Å². The molecule has 0 fully saturated rings. The Morgan fingerprint density at radius 3 is 2.48 bits per heavy atom. The van der Waals surface area contributed by atoms with E-state index in [0.717, 1.165) is 23.7 Å². The largest absolute Gasteiger partial charge is 0.497 e. The number of nitrogens with one attached hydrogen (secondary N) is 1. The number of hydrogen-bond donors (Lipinski definition) is 1. The third-order valence-electron chi connectivity index (χ3n) is 3.20. The number of hydrogen-bond acceptors (Lipinski definition) is 3. The average molecular weight is 279 g/mol. The maximum atomic E-state index is 5.15. The van der Waals surface area contributed by atoms with E-state index in [2.05, 4.69) is 22.5 Å². The minimum atomic E-state index is 0.769. The van der Waals surface area contributed by atoms with Crippen LogP contribution in [0.2, 0.25) is 0 Å². The van der Waals surface area contributed by atoms with Gasteiger partial charge in [0.25, 0.3) is 0 Å². The number of methoxy groups -OCH3 is 1. The number of rotatable bonds is 5. The zero-order valence-corrected chi connectivity index (χ0v) is 11.9. The summed E-state index contributed by atoms with van der Waals surface area (Å²) in [6.45, 7) is 0.769. The second-order valence-electron chi connectivity index (χ2n) is 4.77. The summed E-state index contributed by atoms with van der Waals surface area (Å²) in [6.07, 6.45) is 3.82. The molecule has 0 atom stereocenters. The van der Waals surface area contributed by atoms with Gasteiger partial charge in [-0.1, -0.05) is 30.3 Å². The lowest BCUT2D eigenvalue weighted by atomic mass is 10.2. The molecular formula is C17H17N3O. The first-order valence-corrected chi connectivity index (χ1v) is 6.81. The van der Waals surface area contributed by atoms with Crippen molar-refractivity contribution >= 4 is 11.4 Å². The maximum absolute atomic E-state index is 5.15. The van der Waals surface area contributed by atoms with Crippen LogP contribution in [-0.4, -0.2) is 16.9 Å². The molecule has 0 bridgehead atoms. The zero-order chi connectivity index (χ0) is 14.5. The molecule has 0 aliphatic heterocycles. The van der Waals surface area contributed by atoms with Crippen molar-refractivity contribution in [2.75, 3.05) is 12.4 Å². The predicted octanol–water partition coefficient (Wildman–Crippen LogP) is 3.68. The van der Waals surface area contributed by atoms with E-state index in [9.17, 15) is 0 Å². The topological polar surface area (TPSA) is 39.1 Å². The van der Waals surface area contributed by atoms with Crippen molar-refractivity contribution < 1.29 is 4.74 Å². The Labute approximate surface area is 124 Å². The van der Waals surface area contributed by atoms with Crippen LogP contribution in [0.25, 0.3) is 0 Å². The summed E-state index contributed by atoms with van der Waals surface area (Å²) in [4.78, 5) is 0. The van der Waals surface area contributed by atoms with Gasteiger partial charge in [0, 0.05) is 11.9 Å². The number of nitrogens with zero attached hydrogens (tertiary/aromatic N) is 2. The van der Waals surface area contributed by atoms with Crippen LogP contribution in [0.3, 0.4) is 0 Å². The smallest absolute Gasteiger partial charge is 0.119 e. The molecule has 0 unspecified atom stereocenters. The van der Waals surface area contributed by atoms with E-state index in [-0.39, 0.29) is 0 Å². The monoisotopic (exact) mass is 279 g/mol. The first-order valence-electron chi connectivity index (χ1n) is 6.81. The molecule has 3 rings (SSSR count). The third kappa shape index (κ3) is 3.42. The Balaban J connectivity index is 1.67. The van der Waals surface area contributed by atoms with Gasteiger partial charge >= 0.3 is 0 Å². The van der Waals surface area contributed by atoms with Crippen molar-refractivity contribution in [3.05, 3.63) is 72.6 Å². The SMILES string of the molecule is COc1ccc(Nc2cnn(Cc3ccccc3)c2)cc1. The van der Waals surface area contributed by atoms with Gasteiger partial charge in [-0.05, 0) is 29.8 Å². The lowest BCUT2D eigenvalue weighted by molar-refractivity contribution is 0.415. The summed E-state index contributed by atoms with van der Waals surface area (Å²) in [6, 6.07) is 18.1. The van der Waals surface area contributed by atoms with Gasteiger partial charge in [-0.25, -0.2) is 0 Å². The molecule has 0 amide bonds. The fourth-order valence-electron chi connectivity index (χ4n) is 2.13. The number of aromatic nitrogens is 2. The molecule has 2 aromatic carbocycles. The Hall–Kier alpha value is -2.75.